The normalized spacial score (nSPS) is 11.6. The first-order valence-electron chi connectivity index (χ1n) is 7.38. The predicted molar refractivity (Wildman–Crippen MR) is 85.5 cm³/mol. The van der Waals surface area contributed by atoms with Gasteiger partial charge in [-0.3, -0.25) is 0 Å². The number of nitrogens with zero attached hydrogens (tertiary/aromatic N) is 2. The standard InChI is InChI=1S/C17H25N3O/c1-14-18-9-10-20(14)11-12-21-16-7-5-15(6-8-16)13-19-17(2,3)4/h5-10,19H,11-13H2,1-4H3. The van der Waals surface area contributed by atoms with Crippen LogP contribution >= 0.6 is 0 Å². The van der Waals surface area contributed by atoms with Crippen LogP contribution in [0, 0.1) is 6.92 Å². The molecule has 2 aromatic rings. The van der Waals surface area contributed by atoms with Gasteiger partial charge in [0.1, 0.15) is 18.2 Å². The zero-order valence-electron chi connectivity index (χ0n) is 13.4. The van der Waals surface area contributed by atoms with E-state index in [0.29, 0.717) is 6.61 Å². The van der Waals surface area contributed by atoms with Crippen molar-refractivity contribution in [2.75, 3.05) is 6.61 Å². The minimum Gasteiger partial charge on any atom is -0.492 e. The van der Waals surface area contributed by atoms with Crippen LogP contribution in [-0.2, 0) is 13.1 Å². The van der Waals surface area contributed by atoms with Gasteiger partial charge < -0.3 is 14.6 Å². The fourth-order valence-electron chi connectivity index (χ4n) is 1.97. The summed E-state index contributed by atoms with van der Waals surface area (Å²) in [6.07, 6.45) is 3.78. The van der Waals surface area contributed by atoms with Crippen molar-refractivity contribution in [2.45, 2.75) is 46.3 Å². The van der Waals surface area contributed by atoms with Gasteiger partial charge in [-0.2, -0.15) is 0 Å². The van der Waals surface area contributed by atoms with Gasteiger partial charge in [0.15, 0.2) is 0 Å². The van der Waals surface area contributed by atoms with E-state index in [0.717, 1.165) is 24.7 Å². The highest BCUT2D eigenvalue weighted by Gasteiger charge is 2.08. The number of rotatable bonds is 6. The third-order valence-electron chi connectivity index (χ3n) is 3.27. The number of nitrogens with one attached hydrogen (secondary N) is 1. The molecule has 4 nitrogen and oxygen atoms in total. The van der Waals surface area contributed by atoms with Gasteiger partial charge in [-0.05, 0) is 45.4 Å². The Bertz CT molecular complexity index is 552. The Balaban J connectivity index is 1.78. The Labute approximate surface area is 127 Å². The molecule has 0 amide bonds. The number of hydrogen-bond donors (Lipinski definition) is 1. The third kappa shape index (κ3) is 5.23. The van der Waals surface area contributed by atoms with Gasteiger partial charge in [-0.15, -0.1) is 0 Å². The summed E-state index contributed by atoms with van der Waals surface area (Å²) in [6.45, 7) is 10.8. The molecule has 0 aliphatic carbocycles. The minimum atomic E-state index is 0.137. The van der Waals surface area contributed by atoms with Crippen molar-refractivity contribution >= 4 is 0 Å². The molecule has 0 fully saturated rings. The second-order valence-corrected chi connectivity index (χ2v) is 6.26. The first kappa shape index (κ1) is 15.6. The van der Waals surface area contributed by atoms with Gasteiger partial charge >= 0.3 is 0 Å². The first-order chi connectivity index (χ1) is 9.94. The van der Waals surface area contributed by atoms with E-state index in [2.05, 4.69) is 47.8 Å². The summed E-state index contributed by atoms with van der Waals surface area (Å²) < 4.78 is 7.85. The Kier molecular flexibility index (Phi) is 5.02. The number of benzene rings is 1. The van der Waals surface area contributed by atoms with Crippen molar-refractivity contribution in [3.63, 3.8) is 0 Å². The summed E-state index contributed by atoms with van der Waals surface area (Å²) >= 11 is 0. The van der Waals surface area contributed by atoms with Gasteiger partial charge in [-0.25, -0.2) is 4.98 Å². The second-order valence-electron chi connectivity index (χ2n) is 6.26. The van der Waals surface area contributed by atoms with Crippen molar-refractivity contribution in [3.8, 4) is 5.75 Å². The highest BCUT2D eigenvalue weighted by molar-refractivity contribution is 5.27. The minimum absolute atomic E-state index is 0.137. The van der Waals surface area contributed by atoms with Crippen LogP contribution in [0.3, 0.4) is 0 Å². The molecule has 0 saturated carbocycles. The lowest BCUT2D eigenvalue weighted by molar-refractivity contribution is 0.297. The maximum atomic E-state index is 5.77. The van der Waals surface area contributed by atoms with Crippen LogP contribution in [-0.4, -0.2) is 21.7 Å². The van der Waals surface area contributed by atoms with Crippen LogP contribution in [0.2, 0.25) is 0 Å². The lowest BCUT2D eigenvalue weighted by atomic mass is 10.1. The molecule has 1 aromatic carbocycles. The van der Waals surface area contributed by atoms with Crippen LogP contribution < -0.4 is 10.1 Å². The fraction of sp³-hybridized carbons (Fsp3) is 0.471. The number of ether oxygens (including phenoxy) is 1. The predicted octanol–water partition coefficient (Wildman–Crippen LogP) is 3.16. The Morgan fingerprint density at radius 1 is 1.19 bits per heavy atom. The average Bonchev–Trinajstić information content (AvgIpc) is 2.83. The second kappa shape index (κ2) is 6.76. The quantitative estimate of drug-likeness (QED) is 0.887. The molecule has 1 aromatic heterocycles. The van der Waals surface area contributed by atoms with E-state index in [1.807, 2.05) is 31.5 Å². The molecular weight excluding hydrogens is 262 g/mol. The Morgan fingerprint density at radius 2 is 1.90 bits per heavy atom. The van der Waals surface area contributed by atoms with Crippen LogP contribution in [0.25, 0.3) is 0 Å². The van der Waals surface area contributed by atoms with Gasteiger partial charge in [0.05, 0.1) is 6.54 Å². The molecule has 0 radical (unpaired) electrons. The molecule has 114 valence electrons. The van der Waals surface area contributed by atoms with Crippen molar-refractivity contribution in [1.82, 2.24) is 14.9 Å². The molecule has 2 rings (SSSR count). The van der Waals surface area contributed by atoms with Crippen molar-refractivity contribution in [2.24, 2.45) is 0 Å². The molecule has 21 heavy (non-hydrogen) atoms. The van der Waals surface area contributed by atoms with Crippen molar-refractivity contribution < 1.29 is 4.74 Å². The molecule has 0 unspecified atom stereocenters. The van der Waals surface area contributed by atoms with Crippen molar-refractivity contribution in [3.05, 3.63) is 48.0 Å². The molecule has 1 heterocycles. The Morgan fingerprint density at radius 3 is 2.48 bits per heavy atom. The molecule has 4 heteroatoms. The Hall–Kier alpha value is -1.81. The van der Waals surface area contributed by atoms with E-state index in [1.165, 1.54) is 5.56 Å². The fourth-order valence-corrected chi connectivity index (χ4v) is 1.97. The molecular formula is C17H25N3O. The lowest BCUT2D eigenvalue weighted by Crippen LogP contribution is -2.35. The third-order valence-corrected chi connectivity index (χ3v) is 3.27. The summed E-state index contributed by atoms with van der Waals surface area (Å²) in [5.74, 6) is 1.93. The monoisotopic (exact) mass is 287 g/mol. The van der Waals surface area contributed by atoms with E-state index >= 15 is 0 Å². The van der Waals surface area contributed by atoms with Crippen LogP contribution in [0.4, 0.5) is 0 Å². The molecule has 0 saturated heterocycles. The molecule has 0 bridgehead atoms. The summed E-state index contributed by atoms with van der Waals surface area (Å²) in [5.41, 5.74) is 1.40. The van der Waals surface area contributed by atoms with E-state index in [-0.39, 0.29) is 5.54 Å². The van der Waals surface area contributed by atoms with Gasteiger partial charge in [-0.1, -0.05) is 12.1 Å². The number of hydrogen-bond acceptors (Lipinski definition) is 3. The van der Waals surface area contributed by atoms with Gasteiger partial charge in [0.2, 0.25) is 0 Å². The molecule has 0 aliphatic rings. The average molecular weight is 287 g/mol. The number of aryl methyl sites for hydroxylation is 1. The molecule has 1 N–H and O–H groups in total. The lowest BCUT2D eigenvalue weighted by Gasteiger charge is -2.20. The van der Waals surface area contributed by atoms with E-state index < -0.39 is 0 Å². The summed E-state index contributed by atoms with van der Waals surface area (Å²) in [5, 5.41) is 3.47. The molecule has 0 spiro atoms. The smallest absolute Gasteiger partial charge is 0.119 e. The van der Waals surface area contributed by atoms with Gasteiger partial charge in [0, 0.05) is 24.5 Å². The maximum Gasteiger partial charge on any atom is 0.119 e. The van der Waals surface area contributed by atoms with E-state index in [9.17, 15) is 0 Å². The van der Waals surface area contributed by atoms with Crippen LogP contribution in [0.1, 0.15) is 32.2 Å². The summed E-state index contributed by atoms with van der Waals surface area (Å²) in [7, 11) is 0. The first-order valence-corrected chi connectivity index (χ1v) is 7.38. The zero-order valence-corrected chi connectivity index (χ0v) is 13.4. The summed E-state index contributed by atoms with van der Waals surface area (Å²) in [4.78, 5) is 4.19. The van der Waals surface area contributed by atoms with Crippen molar-refractivity contribution in [1.29, 1.82) is 0 Å². The van der Waals surface area contributed by atoms with E-state index in [1.54, 1.807) is 0 Å². The largest absolute Gasteiger partial charge is 0.492 e. The summed E-state index contributed by atoms with van der Waals surface area (Å²) in [6, 6.07) is 8.27. The number of imidazole rings is 1. The van der Waals surface area contributed by atoms with Crippen LogP contribution in [0.15, 0.2) is 36.7 Å². The SMILES string of the molecule is Cc1nccn1CCOc1ccc(CNC(C)(C)C)cc1. The zero-order chi connectivity index (χ0) is 15.3. The maximum absolute atomic E-state index is 5.77. The topological polar surface area (TPSA) is 39.1 Å². The highest BCUT2D eigenvalue weighted by atomic mass is 16.5. The van der Waals surface area contributed by atoms with Crippen LogP contribution in [0.5, 0.6) is 5.75 Å². The molecule has 0 aliphatic heterocycles. The van der Waals surface area contributed by atoms with E-state index in [4.69, 9.17) is 4.74 Å². The highest BCUT2D eigenvalue weighted by Crippen LogP contribution is 2.13. The number of aromatic nitrogens is 2. The van der Waals surface area contributed by atoms with Gasteiger partial charge in [0.25, 0.3) is 0 Å². The molecule has 0 atom stereocenters.